The Morgan fingerprint density at radius 3 is 2.54 bits per heavy atom. The molecule has 4 nitrogen and oxygen atoms in total. The van der Waals surface area contributed by atoms with Crippen LogP contribution < -0.4 is 0 Å². The van der Waals surface area contributed by atoms with E-state index < -0.39 is 29.4 Å². The van der Waals surface area contributed by atoms with Crippen LogP contribution in [0.3, 0.4) is 0 Å². The maximum atomic E-state index is 13.0. The highest BCUT2D eigenvalue weighted by molar-refractivity contribution is 6.30. The van der Waals surface area contributed by atoms with Gasteiger partial charge in [0.05, 0.1) is 6.61 Å². The lowest BCUT2D eigenvalue weighted by Gasteiger charge is -2.43. The molecular formula is C23H23ClO4. The third-order valence-corrected chi connectivity index (χ3v) is 5.37. The highest BCUT2D eigenvalue weighted by Gasteiger charge is 2.51. The van der Waals surface area contributed by atoms with Crippen molar-refractivity contribution < 1.29 is 19.1 Å². The van der Waals surface area contributed by atoms with Gasteiger partial charge in [-0.05, 0) is 30.2 Å². The molecule has 0 aliphatic carbocycles. The first kappa shape index (κ1) is 20.2. The Morgan fingerprint density at radius 2 is 1.93 bits per heavy atom. The summed E-state index contributed by atoms with van der Waals surface area (Å²) in [5, 5.41) is 0.593. The molecule has 0 unspecified atom stereocenters. The number of carbonyl (C=O) groups excluding carboxylic acids is 2. The minimum atomic E-state index is -1.01. The van der Waals surface area contributed by atoms with E-state index in [4.69, 9.17) is 21.1 Å². The number of esters is 2. The normalized spacial score (nSPS) is 24.3. The summed E-state index contributed by atoms with van der Waals surface area (Å²) in [7, 11) is 0. The average molecular weight is 399 g/mol. The van der Waals surface area contributed by atoms with Crippen molar-refractivity contribution in [3.05, 3.63) is 83.4 Å². The molecule has 5 heteroatoms. The number of hydrogen-bond acceptors (Lipinski definition) is 4. The Labute approximate surface area is 170 Å². The largest absolute Gasteiger partial charge is 0.465 e. The number of cyclic esters (lactones) is 1. The van der Waals surface area contributed by atoms with Gasteiger partial charge >= 0.3 is 11.9 Å². The molecule has 0 spiro atoms. The fraction of sp³-hybridized carbons (Fsp3) is 0.304. The number of carbonyl (C=O) groups is 2. The summed E-state index contributed by atoms with van der Waals surface area (Å²) in [6.45, 7) is 5.76. The predicted octanol–water partition coefficient (Wildman–Crippen LogP) is 5.02. The fourth-order valence-electron chi connectivity index (χ4n) is 3.84. The molecule has 1 saturated heterocycles. The first-order valence-electron chi connectivity index (χ1n) is 9.32. The zero-order valence-electron chi connectivity index (χ0n) is 15.8. The van der Waals surface area contributed by atoms with Crippen LogP contribution in [0.2, 0.25) is 5.02 Å². The third-order valence-electron chi connectivity index (χ3n) is 5.11. The molecule has 3 rings (SSSR count). The van der Waals surface area contributed by atoms with Gasteiger partial charge in [0.2, 0.25) is 0 Å². The second-order valence-corrected chi connectivity index (χ2v) is 7.30. The van der Waals surface area contributed by atoms with Crippen molar-refractivity contribution in [2.45, 2.75) is 31.3 Å². The molecule has 0 bridgehead atoms. The van der Waals surface area contributed by atoms with E-state index in [1.165, 1.54) is 0 Å². The average Bonchev–Trinajstić information content (AvgIpc) is 2.69. The molecular weight excluding hydrogens is 376 g/mol. The third kappa shape index (κ3) is 3.97. The van der Waals surface area contributed by atoms with Crippen molar-refractivity contribution in [2.75, 3.05) is 6.61 Å². The van der Waals surface area contributed by atoms with Crippen LogP contribution >= 0.6 is 11.6 Å². The van der Waals surface area contributed by atoms with Gasteiger partial charge < -0.3 is 9.47 Å². The second-order valence-electron chi connectivity index (χ2n) is 6.87. The van der Waals surface area contributed by atoms with E-state index in [-0.39, 0.29) is 6.61 Å². The monoisotopic (exact) mass is 398 g/mol. The van der Waals surface area contributed by atoms with Gasteiger partial charge in [0.15, 0.2) is 5.92 Å². The molecule has 146 valence electrons. The highest BCUT2D eigenvalue weighted by atomic mass is 35.5. The van der Waals surface area contributed by atoms with Crippen LogP contribution in [-0.2, 0) is 24.7 Å². The zero-order valence-corrected chi connectivity index (χ0v) is 16.5. The predicted molar refractivity (Wildman–Crippen MR) is 108 cm³/mol. The summed E-state index contributed by atoms with van der Waals surface area (Å²) in [5.74, 6) is -2.54. The summed E-state index contributed by atoms with van der Waals surface area (Å²) in [5.41, 5.74) is 0.848. The summed E-state index contributed by atoms with van der Waals surface area (Å²) in [6.07, 6.45) is 2.63. The molecule has 1 aliphatic rings. The maximum Gasteiger partial charge on any atom is 0.321 e. The number of halogens is 1. The molecule has 1 heterocycles. The quantitative estimate of drug-likeness (QED) is 0.389. The van der Waals surface area contributed by atoms with Crippen molar-refractivity contribution >= 4 is 23.5 Å². The molecule has 1 aliphatic heterocycles. The Morgan fingerprint density at radius 1 is 1.25 bits per heavy atom. The Kier molecular flexibility index (Phi) is 6.20. The molecule has 2 aromatic rings. The van der Waals surface area contributed by atoms with E-state index >= 15 is 0 Å². The second kappa shape index (κ2) is 8.61. The SMILES string of the molecule is C=CC[C@@]1(c2ccccc2)C[C@H](c2ccc(Cl)cc2)[C@@H](C(=O)OCC)C(=O)O1. The van der Waals surface area contributed by atoms with E-state index in [9.17, 15) is 9.59 Å². The van der Waals surface area contributed by atoms with Gasteiger partial charge in [-0.25, -0.2) is 0 Å². The van der Waals surface area contributed by atoms with Gasteiger partial charge in [-0.3, -0.25) is 9.59 Å². The maximum absolute atomic E-state index is 13.0. The number of rotatable bonds is 6. The number of benzene rings is 2. The van der Waals surface area contributed by atoms with Crippen LogP contribution in [0, 0.1) is 5.92 Å². The Balaban J connectivity index is 2.08. The van der Waals surface area contributed by atoms with Crippen LogP contribution in [0.25, 0.3) is 0 Å². The summed E-state index contributed by atoms with van der Waals surface area (Å²) < 4.78 is 11.1. The van der Waals surface area contributed by atoms with Crippen molar-refractivity contribution in [3.8, 4) is 0 Å². The van der Waals surface area contributed by atoms with Crippen molar-refractivity contribution in [2.24, 2.45) is 5.92 Å². The van der Waals surface area contributed by atoms with Crippen LogP contribution in [0.5, 0.6) is 0 Å². The van der Waals surface area contributed by atoms with Gasteiger partial charge in [0.1, 0.15) is 5.60 Å². The minimum absolute atomic E-state index is 0.201. The molecule has 0 N–H and O–H groups in total. The molecule has 2 aromatic carbocycles. The topological polar surface area (TPSA) is 52.6 Å². The molecule has 0 saturated carbocycles. The van der Waals surface area contributed by atoms with E-state index in [0.717, 1.165) is 11.1 Å². The van der Waals surface area contributed by atoms with E-state index in [0.29, 0.717) is 17.9 Å². The van der Waals surface area contributed by atoms with Crippen LogP contribution in [-0.4, -0.2) is 18.5 Å². The lowest BCUT2D eigenvalue weighted by atomic mass is 9.72. The van der Waals surface area contributed by atoms with Crippen molar-refractivity contribution in [1.82, 2.24) is 0 Å². The lowest BCUT2D eigenvalue weighted by molar-refractivity contribution is -0.186. The van der Waals surface area contributed by atoms with Crippen molar-refractivity contribution in [3.63, 3.8) is 0 Å². The van der Waals surface area contributed by atoms with Crippen LogP contribution in [0.15, 0.2) is 67.3 Å². The smallest absolute Gasteiger partial charge is 0.321 e. The summed E-state index contributed by atoms with van der Waals surface area (Å²) in [4.78, 5) is 25.6. The molecule has 28 heavy (non-hydrogen) atoms. The first-order chi connectivity index (χ1) is 13.5. The van der Waals surface area contributed by atoms with Crippen LogP contribution in [0.1, 0.15) is 36.8 Å². The number of ether oxygens (including phenoxy) is 2. The van der Waals surface area contributed by atoms with Gasteiger partial charge in [-0.15, -0.1) is 6.58 Å². The summed E-state index contributed by atoms with van der Waals surface area (Å²) in [6, 6.07) is 16.8. The fourth-order valence-corrected chi connectivity index (χ4v) is 3.97. The van der Waals surface area contributed by atoms with E-state index in [2.05, 4.69) is 6.58 Å². The lowest BCUT2D eigenvalue weighted by Crippen LogP contribution is -2.47. The Bertz CT molecular complexity index is 847. The standard InChI is InChI=1S/C23H23ClO4/c1-3-14-23(17-8-6-5-7-9-17)15-19(16-10-12-18(24)13-11-16)20(22(26)28-23)21(25)27-4-2/h3,5-13,19-20H,1,4,14-15H2,2H3/t19-,20+,23+/m1/s1. The molecule has 0 aromatic heterocycles. The molecule has 1 fully saturated rings. The minimum Gasteiger partial charge on any atom is -0.465 e. The molecule has 0 radical (unpaired) electrons. The first-order valence-corrected chi connectivity index (χ1v) is 9.70. The number of hydrogen-bond donors (Lipinski definition) is 0. The van der Waals surface area contributed by atoms with Crippen LogP contribution in [0.4, 0.5) is 0 Å². The van der Waals surface area contributed by atoms with Crippen molar-refractivity contribution in [1.29, 1.82) is 0 Å². The summed E-state index contributed by atoms with van der Waals surface area (Å²) >= 11 is 6.03. The Hall–Kier alpha value is -2.59. The molecule has 3 atom stereocenters. The van der Waals surface area contributed by atoms with E-state index in [1.54, 1.807) is 25.1 Å². The highest BCUT2D eigenvalue weighted by Crippen LogP contribution is 2.48. The molecule has 0 amide bonds. The van der Waals surface area contributed by atoms with Gasteiger partial charge in [0.25, 0.3) is 0 Å². The van der Waals surface area contributed by atoms with Gasteiger partial charge in [0, 0.05) is 23.8 Å². The van der Waals surface area contributed by atoms with E-state index in [1.807, 2.05) is 42.5 Å². The zero-order chi connectivity index (χ0) is 20.1. The van der Waals surface area contributed by atoms with Gasteiger partial charge in [-0.1, -0.05) is 60.1 Å². The van der Waals surface area contributed by atoms with Gasteiger partial charge in [-0.2, -0.15) is 0 Å².